The van der Waals surface area contributed by atoms with E-state index >= 15 is 0 Å². The zero-order chi connectivity index (χ0) is 16.0. The second-order valence-corrected chi connectivity index (χ2v) is 5.67. The summed E-state index contributed by atoms with van der Waals surface area (Å²) < 4.78 is 1.58. The molecule has 0 atom stereocenters. The summed E-state index contributed by atoms with van der Waals surface area (Å²) in [5.74, 6) is 0.309. The van der Waals surface area contributed by atoms with Gasteiger partial charge in [-0.2, -0.15) is 0 Å². The van der Waals surface area contributed by atoms with Gasteiger partial charge >= 0.3 is 0 Å². The maximum atomic E-state index is 13.0. The Morgan fingerprint density at radius 1 is 1.04 bits per heavy atom. The minimum Gasteiger partial charge on any atom is -0.382 e. The Bertz CT molecular complexity index is 1120. The number of nitrogen functional groups attached to an aromatic ring is 1. The maximum Gasteiger partial charge on any atom is 0.263 e. The number of anilines is 1. The standard InChI is InChI=1S/C18H12ClN3O/c19-14-8-4-3-7-13(14)16-10-21-17(20)15-9-11-5-1-2-6-12(11)18(23)22(15)16/h1-10H,(H2,20,21). The Morgan fingerprint density at radius 2 is 1.78 bits per heavy atom. The fourth-order valence-corrected chi connectivity index (χ4v) is 3.03. The van der Waals surface area contributed by atoms with Crippen LogP contribution < -0.4 is 11.3 Å². The molecule has 0 radical (unpaired) electrons. The lowest BCUT2D eigenvalue weighted by Crippen LogP contribution is -2.17. The smallest absolute Gasteiger partial charge is 0.263 e. The minimum absolute atomic E-state index is 0.137. The van der Waals surface area contributed by atoms with Gasteiger partial charge in [-0.15, -0.1) is 0 Å². The average Bonchev–Trinajstić information content (AvgIpc) is 2.57. The van der Waals surface area contributed by atoms with Crippen LogP contribution in [0.3, 0.4) is 0 Å². The Balaban J connectivity index is 2.23. The Hall–Kier alpha value is -2.85. The summed E-state index contributed by atoms with van der Waals surface area (Å²) in [5, 5.41) is 2.02. The third kappa shape index (κ3) is 2.07. The highest BCUT2D eigenvalue weighted by Gasteiger charge is 2.13. The second kappa shape index (κ2) is 5.11. The molecular weight excluding hydrogens is 310 g/mol. The van der Waals surface area contributed by atoms with E-state index in [1.165, 1.54) is 0 Å². The van der Waals surface area contributed by atoms with Gasteiger partial charge in [0.1, 0.15) is 5.82 Å². The van der Waals surface area contributed by atoms with Crippen molar-refractivity contribution in [3.8, 4) is 11.3 Å². The van der Waals surface area contributed by atoms with Crippen LogP contribution in [-0.2, 0) is 0 Å². The highest BCUT2D eigenvalue weighted by Crippen LogP contribution is 2.29. The van der Waals surface area contributed by atoms with Gasteiger partial charge in [-0.25, -0.2) is 4.98 Å². The molecule has 2 heterocycles. The molecule has 0 aliphatic carbocycles. The molecule has 0 amide bonds. The van der Waals surface area contributed by atoms with Crippen LogP contribution in [0, 0.1) is 0 Å². The molecule has 0 aliphatic rings. The summed E-state index contributed by atoms with van der Waals surface area (Å²) in [4.78, 5) is 17.2. The van der Waals surface area contributed by atoms with Crippen molar-refractivity contribution in [2.75, 3.05) is 5.73 Å². The van der Waals surface area contributed by atoms with Crippen LogP contribution in [0.5, 0.6) is 0 Å². The fourth-order valence-electron chi connectivity index (χ4n) is 2.80. The van der Waals surface area contributed by atoms with Crippen molar-refractivity contribution in [2.45, 2.75) is 0 Å². The third-order valence-electron chi connectivity index (χ3n) is 3.91. The van der Waals surface area contributed by atoms with Crippen molar-refractivity contribution in [3.05, 3.63) is 76.2 Å². The number of pyridine rings is 1. The molecule has 0 fully saturated rings. The zero-order valence-corrected chi connectivity index (χ0v) is 12.8. The SMILES string of the molecule is Nc1ncc(-c2ccccc2Cl)n2c(=O)c3ccccc3cc12. The predicted octanol–water partition coefficient (Wildman–Crippen LogP) is 3.75. The van der Waals surface area contributed by atoms with Crippen LogP contribution >= 0.6 is 11.6 Å². The van der Waals surface area contributed by atoms with E-state index in [-0.39, 0.29) is 5.56 Å². The number of benzene rings is 2. The maximum absolute atomic E-state index is 13.0. The predicted molar refractivity (Wildman–Crippen MR) is 93.8 cm³/mol. The number of hydrogen-bond acceptors (Lipinski definition) is 3. The Morgan fingerprint density at radius 3 is 2.61 bits per heavy atom. The van der Waals surface area contributed by atoms with Crippen LogP contribution in [0.25, 0.3) is 27.5 Å². The summed E-state index contributed by atoms with van der Waals surface area (Å²) in [6.45, 7) is 0. The molecule has 0 saturated carbocycles. The molecule has 0 spiro atoms. The van der Waals surface area contributed by atoms with Gasteiger partial charge in [0.25, 0.3) is 5.56 Å². The van der Waals surface area contributed by atoms with Gasteiger partial charge in [-0.05, 0) is 23.6 Å². The number of fused-ring (bicyclic) bond motifs is 2. The number of halogens is 1. The van der Waals surface area contributed by atoms with E-state index in [0.29, 0.717) is 27.4 Å². The Labute approximate surface area is 136 Å². The molecule has 4 rings (SSSR count). The summed E-state index contributed by atoms with van der Waals surface area (Å²) in [7, 11) is 0. The lowest BCUT2D eigenvalue weighted by atomic mass is 10.1. The molecule has 5 heteroatoms. The molecule has 0 unspecified atom stereocenters. The number of hydrogen-bond donors (Lipinski definition) is 1. The molecule has 112 valence electrons. The summed E-state index contributed by atoms with van der Waals surface area (Å²) in [5.41, 5.74) is 7.80. The lowest BCUT2D eigenvalue weighted by molar-refractivity contribution is 1.09. The first kappa shape index (κ1) is 13.8. The second-order valence-electron chi connectivity index (χ2n) is 5.27. The normalized spacial score (nSPS) is 11.2. The van der Waals surface area contributed by atoms with E-state index in [4.69, 9.17) is 17.3 Å². The van der Waals surface area contributed by atoms with E-state index in [1.54, 1.807) is 22.7 Å². The first-order valence-corrected chi connectivity index (χ1v) is 7.48. The Kier molecular flexibility index (Phi) is 3.06. The van der Waals surface area contributed by atoms with Crippen LogP contribution in [0.15, 0.2) is 65.6 Å². The molecule has 2 N–H and O–H groups in total. The minimum atomic E-state index is -0.137. The van der Waals surface area contributed by atoms with Crippen molar-refractivity contribution >= 4 is 33.7 Å². The van der Waals surface area contributed by atoms with Crippen molar-refractivity contribution in [2.24, 2.45) is 0 Å². The highest BCUT2D eigenvalue weighted by atomic mass is 35.5. The van der Waals surface area contributed by atoms with Gasteiger partial charge in [-0.1, -0.05) is 48.0 Å². The molecule has 0 bridgehead atoms. The van der Waals surface area contributed by atoms with Crippen LogP contribution in [0.4, 0.5) is 5.82 Å². The van der Waals surface area contributed by atoms with Gasteiger partial charge in [0.05, 0.1) is 17.4 Å². The monoisotopic (exact) mass is 321 g/mol. The van der Waals surface area contributed by atoms with Gasteiger partial charge in [0, 0.05) is 16.0 Å². The van der Waals surface area contributed by atoms with Crippen molar-refractivity contribution in [1.82, 2.24) is 9.38 Å². The molecular formula is C18H12ClN3O. The molecule has 2 aromatic heterocycles. The third-order valence-corrected chi connectivity index (χ3v) is 4.24. The lowest BCUT2D eigenvalue weighted by Gasteiger charge is -2.12. The first-order chi connectivity index (χ1) is 11.2. The number of aromatic nitrogens is 2. The van der Waals surface area contributed by atoms with E-state index in [1.807, 2.05) is 42.5 Å². The number of rotatable bonds is 1. The number of nitrogens with two attached hydrogens (primary N) is 1. The van der Waals surface area contributed by atoms with Gasteiger partial charge < -0.3 is 5.73 Å². The summed E-state index contributed by atoms with van der Waals surface area (Å²) in [6.07, 6.45) is 1.58. The van der Waals surface area contributed by atoms with E-state index < -0.39 is 0 Å². The molecule has 23 heavy (non-hydrogen) atoms. The first-order valence-electron chi connectivity index (χ1n) is 7.11. The van der Waals surface area contributed by atoms with Gasteiger partial charge in [0.15, 0.2) is 0 Å². The average molecular weight is 322 g/mol. The molecule has 2 aromatic carbocycles. The largest absolute Gasteiger partial charge is 0.382 e. The van der Waals surface area contributed by atoms with Crippen molar-refractivity contribution in [3.63, 3.8) is 0 Å². The topological polar surface area (TPSA) is 60.4 Å². The fraction of sp³-hybridized carbons (Fsp3) is 0. The molecule has 4 nitrogen and oxygen atoms in total. The van der Waals surface area contributed by atoms with Crippen LogP contribution in [0.2, 0.25) is 5.02 Å². The van der Waals surface area contributed by atoms with Crippen LogP contribution in [0.1, 0.15) is 0 Å². The molecule has 0 saturated heterocycles. The van der Waals surface area contributed by atoms with Crippen molar-refractivity contribution < 1.29 is 0 Å². The zero-order valence-electron chi connectivity index (χ0n) is 12.0. The number of nitrogens with zero attached hydrogens (tertiary/aromatic N) is 2. The highest BCUT2D eigenvalue weighted by molar-refractivity contribution is 6.33. The van der Waals surface area contributed by atoms with Gasteiger partial charge in [0.2, 0.25) is 0 Å². The molecule has 4 aromatic rings. The summed E-state index contributed by atoms with van der Waals surface area (Å²) >= 11 is 6.30. The van der Waals surface area contributed by atoms with Crippen LogP contribution in [-0.4, -0.2) is 9.38 Å². The van der Waals surface area contributed by atoms with E-state index in [9.17, 15) is 4.79 Å². The van der Waals surface area contributed by atoms with Crippen molar-refractivity contribution in [1.29, 1.82) is 0 Å². The van der Waals surface area contributed by atoms with E-state index in [0.717, 1.165) is 10.9 Å². The van der Waals surface area contributed by atoms with Gasteiger partial charge in [-0.3, -0.25) is 9.20 Å². The molecule has 0 aliphatic heterocycles. The summed E-state index contributed by atoms with van der Waals surface area (Å²) in [6, 6.07) is 16.7. The quantitative estimate of drug-likeness (QED) is 0.543. The van der Waals surface area contributed by atoms with E-state index in [2.05, 4.69) is 4.98 Å².